The number of benzene rings is 1. The Labute approximate surface area is 134 Å². The molecule has 0 spiro atoms. The van der Waals surface area contributed by atoms with E-state index in [4.69, 9.17) is 0 Å². The van der Waals surface area contributed by atoms with Crippen LogP contribution in [0.2, 0.25) is 0 Å². The van der Waals surface area contributed by atoms with Crippen molar-refractivity contribution in [3.8, 4) is 0 Å². The molecule has 1 aliphatic heterocycles. The van der Waals surface area contributed by atoms with E-state index in [1.807, 2.05) is 13.8 Å². The lowest BCUT2D eigenvalue weighted by Gasteiger charge is -2.27. The molecule has 4 heteroatoms. The molecule has 1 atom stereocenters. The molecule has 0 bridgehead atoms. The molecule has 1 aromatic carbocycles. The third-order valence-corrected chi connectivity index (χ3v) is 4.29. The Morgan fingerprint density at radius 2 is 2.00 bits per heavy atom. The number of aryl methyl sites for hydroxylation is 1. The van der Waals surface area contributed by atoms with Crippen molar-refractivity contribution in [3.63, 3.8) is 0 Å². The van der Waals surface area contributed by atoms with Crippen LogP contribution in [0.4, 0.5) is 0 Å². The number of nitrogens with one attached hydrogen (secondary N) is 2. The second-order valence-corrected chi connectivity index (χ2v) is 6.41. The molecule has 1 saturated heterocycles. The molecule has 2 rings (SSSR count). The molecular formula is C17H27ClN2O. The molecule has 1 heterocycles. The van der Waals surface area contributed by atoms with Crippen molar-refractivity contribution in [1.29, 1.82) is 0 Å². The van der Waals surface area contributed by atoms with E-state index >= 15 is 0 Å². The monoisotopic (exact) mass is 310 g/mol. The Morgan fingerprint density at radius 3 is 2.57 bits per heavy atom. The van der Waals surface area contributed by atoms with E-state index in [0.717, 1.165) is 25.2 Å². The summed E-state index contributed by atoms with van der Waals surface area (Å²) in [5.41, 5.74) is 1.82. The maximum absolute atomic E-state index is 12.5. The number of amides is 1. The fourth-order valence-electron chi connectivity index (χ4n) is 2.66. The normalized spacial score (nSPS) is 18.7. The van der Waals surface area contributed by atoms with Gasteiger partial charge in [0.05, 0.1) is 5.41 Å². The van der Waals surface area contributed by atoms with Crippen LogP contribution in [0.1, 0.15) is 37.8 Å². The molecule has 1 fully saturated rings. The zero-order chi connectivity index (χ0) is 14.6. The molecule has 1 amide bonds. The first-order valence-electron chi connectivity index (χ1n) is 7.56. The summed E-state index contributed by atoms with van der Waals surface area (Å²) in [6.45, 7) is 8.96. The summed E-state index contributed by atoms with van der Waals surface area (Å²) in [5.74, 6) is 0.688. The van der Waals surface area contributed by atoms with Crippen LogP contribution in [0.3, 0.4) is 0 Å². The molecule has 0 saturated carbocycles. The van der Waals surface area contributed by atoms with Gasteiger partial charge in [0.25, 0.3) is 0 Å². The summed E-state index contributed by atoms with van der Waals surface area (Å²) in [6, 6.07) is 8.24. The first-order chi connectivity index (χ1) is 9.50. The highest BCUT2D eigenvalue weighted by atomic mass is 35.5. The van der Waals surface area contributed by atoms with Crippen molar-refractivity contribution in [3.05, 3.63) is 35.4 Å². The minimum atomic E-state index is -0.476. The maximum atomic E-state index is 12.5. The van der Waals surface area contributed by atoms with Gasteiger partial charge in [-0.3, -0.25) is 4.79 Å². The Bertz CT molecular complexity index is 450. The van der Waals surface area contributed by atoms with Gasteiger partial charge in [0.15, 0.2) is 0 Å². The molecule has 0 radical (unpaired) electrons. The van der Waals surface area contributed by atoms with Gasteiger partial charge in [0.1, 0.15) is 0 Å². The number of rotatable bonds is 4. The predicted octanol–water partition coefficient (Wildman–Crippen LogP) is 2.81. The molecule has 1 unspecified atom stereocenters. The van der Waals surface area contributed by atoms with Crippen molar-refractivity contribution < 1.29 is 4.79 Å². The van der Waals surface area contributed by atoms with Gasteiger partial charge in [-0.2, -0.15) is 0 Å². The van der Waals surface area contributed by atoms with Crippen LogP contribution in [0.25, 0.3) is 0 Å². The average molecular weight is 311 g/mol. The van der Waals surface area contributed by atoms with Crippen molar-refractivity contribution in [1.82, 2.24) is 10.6 Å². The summed E-state index contributed by atoms with van der Waals surface area (Å²) in [4.78, 5) is 12.5. The summed E-state index contributed by atoms with van der Waals surface area (Å²) < 4.78 is 0. The topological polar surface area (TPSA) is 41.1 Å². The largest absolute Gasteiger partial charge is 0.355 e. The van der Waals surface area contributed by atoms with Gasteiger partial charge in [-0.15, -0.1) is 12.4 Å². The summed E-state index contributed by atoms with van der Waals surface area (Å²) in [7, 11) is 0. The van der Waals surface area contributed by atoms with E-state index in [1.165, 1.54) is 18.4 Å². The predicted molar refractivity (Wildman–Crippen MR) is 90.1 cm³/mol. The van der Waals surface area contributed by atoms with E-state index in [-0.39, 0.29) is 18.3 Å². The molecule has 2 N–H and O–H groups in total. The van der Waals surface area contributed by atoms with Crippen molar-refractivity contribution >= 4 is 18.3 Å². The Balaban J connectivity index is 0.00000220. The van der Waals surface area contributed by atoms with Gasteiger partial charge in [0, 0.05) is 6.54 Å². The molecule has 0 aliphatic carbocycles. The number of halogens is 1. The highest BCUT2D eigenvalue weighted by molar-refractivity contribution is 5.87. The second kappa shape index (κ2) is 7.81. The highest BCUT2D eigenvalue weighted by Crippen LogP contribution is 2.24. The van der Waals surface area contributed by atoms with Gasteiger partial charge in [-0.05, 0) is 58.2 Å². The summed E-state index contributed by atoms with van der Waals surface area (Å²) in [5, 5.41) is 6.51. The summed E-state index contributed by atoms with van der Waals surface area (Å²) in [6.07, 6.45) is 2.42. The fraction of sp³-hybridized carbons (Fsp3) is 0.588. The van der Waals surface area contributed by atoms with Crippen LogP contribution in [0.15, 0.2) is 24.3 Å². The van der Waals surface area contributed by atoms with E-state index < -0.39 is 5.41 Å². The van der Waals surface area contributed by atoms with Gasteiger partial charge >= 0.3 is 0 Å². The SMILES string of the molecule is Cc1ccc(C(C)(C)C(=O)NCC2CCCNC2)cc1.Cl. The smallest absolute Gasteiger partial charge is 0.230 e. The number of carbonyl (C=O) groups excluding carboxylic acids is 1. The quantitative estimate of drug-likeness (QED) is 0.898. The van der Waals surface area contributed by atoms with E-state index in [2.05, 4.69) is 41.8 Å². The number of hydrogen-bond acceptors (Lipinski definition) is 2. The zero-order valence-corrected chi connectivity index (χ0v) is 14.1. The number of hydrogen-bond donors (Lipinski definition) is 2. The van der Waals surface area contributed by atoms with Crippen LogP contribution in [0.5, 0.6) is 0 Å². The van der Waals surface area contributed by atoms with Crippen molar-refractivity contribution in [2.45, 2.75) is 39.0 Å². The molecule has 118 valence electrons. The lowest BCUT2D eigenvalue weighted by atomic mass is 9.83. The van der Waals surface area contributed by atoms with E-state index in [9.17, 15) is 4.79 Å². The Kier molecular flexibility index (Phi) is 6.69. The Hall–Kier alpha value is -1.06. The van der Waals surface area contributed by atoms with E-state index in [0.29, 0.717) is 5.92 Å². The number of piperidine rings is 1. The third kappa shape index (κ3) is 4.72. The molecule has 0 aromatic heterocycles. The maximum Gasteiger partial charge on any atom is 0.230 e. The van der Waals surface area contributed by atoms with Crippen LogP contribution < -0.4 is 10.6 Å². The number of carbonyl (C=O) groups is 1. The molecular weight excluding hydrogens is 284 g/mol. The average Bonchev–Trinajstić information content (AvgIpc) is 2.46. The summed E-state index contributed by atoms with van der Waals surface area (Å²) >= 11 is 0. The highest BCUT2D eigenvalue weighted by Gasteiger charge is 2.30. The molecule has 1 aromatic rings. The van der Waals surface area contributed by atoms with Gasteiger partial charge in [-0.1, -0.05) is 29.8 Å². The fourth-order valence-corrected chi connectivity index (χ4v) is 2.66. The first kappa shape index (κ1) is 18.0. The molecule has 21 heavy (non-hydrogen) atoms. The third-order valence-electron chi connectivity index (χ3n) is 4.29. The van der Waals surface area contributed by atoms with Crippen molar-refractivity contribution in [2.75, 3.05) is 19.6 Å². The second-order valence-electron chi connectivity index (χ2n) is 6.41. The van der Waals surface area contributed by atoms with Gasteiger partial charge in [0.2, 0.25) is 5.91 Å². The minimum Gasteiger partial charge on any atom is -0.355 e. The van der Waals surface area contributed by atoms with E-state index in [1.54, 1.807) is 0 Å². The van der Waals surface area contributed by atoms with Gasteiger partial charge < -0.3 is 10.6 Å². The van der Waals surface area contributed by atoms with Crippen LogP contribution in [0, 0.1) is 12.8 Å². The molecule has 3 nitrogen and oxygen atoms in total. The first-order valence-corrected chi connectivity index (χ1v) is 7.56. The van der Waals surface area contributed by atoms with Crippen LogP contribution in [-0.4, -0.2) is 25.5 Å². The van der Waals surface area contributed by atoms with Crippen molar-refractivity contribution in [2.24, 2.45) is 5.92 Å². The van der Waals surface area contributed by atoms with Crippen LogP contribution in [-0.2, 0) is 10.2 Å². The lowest BCUT2D eigenvalue weighted by molar-refractivity contribution is -0.125. The van der Waals surface area contributed by atoms with Gasteiger partial charge in [-0.25, -0.2) is 0 Å². The lowest BCUT2D eigenvalue weighted by Crippen LogP contribution is -2.44. The van der Waals surface area contributed by atoms with Crippen LogP contribution >= 0.6 is 12.4 Å². The standard InChI is InChI=1S/C17H26N2O.ClH/c1-13-6-8-15(9-7-13)17(2,3)16(20)19-12-14-5-4-10-18-11-14;/h6-9,14,18H,4-5,10-12H2,1-3H3,(H,19,20);1H. The Morgan fingerprint density at radius 1 is 1.33 bits per heavy atom. The zero-order valence-electron chi connectivity index (χ0n) is 13.2. The minimum absolute atomic E-state index is 0. The molecule has 1 aliphatic rings.